The zero-order chi connectivity index (χ0) is 22.5. The molecule has 4 rings (SSSR count). The normalized spacial score (nSPS) is 25.9. The number of hydrogen-bond donors (Lipinski definition) is 1. The van der Waals surface area contributed by atoms with Crippen molar-refractivity contribution in [2.75, 3.05) is 52.6 Å². The van der Waals surface area contributed by atoms with Gasteiger partial charge in [0.1, 0.15) is 12.4 Å². The van der Waals surface area contributed by atoms with Crippen LogP contribution in [0.1, 0.15) is 18.6 Å². The Hall–Kier alpha value is -2.11. The van der Waals surface area contributed by atoms with Crippen LogP contribution in [-0.2, 0) is 25.6 Å². The van der Waals surface area contributed by atoms with Crippen LogP contribution in [0.15, 0.2) is 22.8 Å². The van der Waals surface area contributed by atoms with Gasteiger partial charge in [0, 0.05) is 37.5 Å². The lowest BCUT2D eigenvalue weighted by Crippen LogP contribution is -2.38. The van der Waals surface area contributed by atoms with E-state index in [1.54, 1.807) is 6.26 Å². The molecule has 2 atom stereocenters. The smallest absolute Gasteiger partial charge is 0.475 e. The fourth-order valence-corrected chi connectivity index (χ4v) is 4.29. The highest BCUT2D eigenvalue weighted by Gasteiger charge is 2.50. The van der Waals surface area contributed by atoms with Gasteiger partial charge in [0.15, 0.2) is 0 Å². The number of amides is 1. The number of halogens is 3. The van der Waals surface area contributed by atoms with Gasteiger partial charge in [0.25, 0.3) is 0 Å². The van der Waals surface area contributed by atoms with Gasteiger partial charge in [0.2, 0.25) is 5.91 Å². The Morgan fingerprint density at radius 2 is 2.00 bits per heavy atom. The van der Waals surface area contributed by atoms with E-state index in [9.17, 15) is 18.0 Å². The largest absolute Gasteiger partial charge is 0.490 e. The fraction of sp³-hybridized carbons (Fsp3) is 0.700. The van der Waals surface area contributed by atoms with Gasteiger partial charge in [-0.2, -0.15) is 13.2 Å². The van der Waals surface area contributed by atoms with E-state index in [4.69, 9.17) is 23.8 Å². The number of fused-ring (bicyclic) bond motifs is 1. The molecule has 31 heavy (non-hydrogen) atoms. The van der Waals surface area contributed by atoms with Crippen molar-refractivity contribution < 1.29 is 41.8 Å². The number of hydrogen-bond acceptors (Lipinski definition) is 6. The van der Waals surface area contributed by atoms with Gasteiger partial charge in [-0.1, -0.05) is 0 Å². The van der Waals surface area contributed by atoms with E-state index >= 15 is 0 Å². The van der Waals surface area contributed by atoms with Crippen molar-refractivity contribution in [2.45, 2.75) is 25.6 Å². The average Bonchev–Trinajstić information content (AvgIpc) is 3.47. The van der Waals surface area contributed by atoms with Crippen LogP contribution >= 0.6 is 0 Å². The van der Waals surface area contributed by atoms with Crippen LogP contribution in [0.25, 0.3) is 0 Å². The predicted molar refractivity (Wildman–Crippen MR) is 101 cm³/mol. The number of furan rings is 1. The number of ether oxygens (including phenoxy) is 2. The minimum Gasteiger partial charge on any atom is -0.475 e. The topological polar surface area (TPSA) is 92.5 Å². The van der Waals surface area contributed by atoms with Crippen LogP contribution < -0.4 is 0 Å². The van der Waals surface area contributed by atoms with E-state index in [0.29, 0.717) is 12.5 Å². The van der Waals surface area contributed by atoms with Gasteiger partial charge in [-0.15, -0.1) is 0 Å². The van der Waals surface area contributed by atoms with Crippen LogP contribution in [0.3, 0.4) is 0 Å². The van der Waals surface area contributed by atoms with Crippen molar-refractivity contribution >= 4 is 11.9 Å². The molecule has 0 aliphatic carbocycles. The van der Waals surface area contributed by atoms with Gasteiger partial charge in [0.05, 0.1) is 32.6 Å². The Kier molecular flexibility index (Phi) is 7.60. The molecular formula is C20H27F3N2O6. The fourth-order valence-electron chi connectivity index (χ4n) is 4.29. The third-order valence-electron chi connectivity index (χ3n) is 5.87. The lowest BCUT2D eigenvalue weighted by molar-refractivity contribution is -0.192. The first-order chi connectivity index (χ1) is 14.7. The Morgan fingerprint density at radius 1 is 1.29 bits per heavy atom. The molecule has 1 N–H and O–H groups in total. The maximum Gasteiger partial charge on any atom is 0.490 e. The SMILES string of the molecule is O=C(COC[C@]12COC[C@H]1CN(Cc1ccco1)C2)N1CCCC1.O=C(O)C(F)(F)F. The second-order valence-corrected chi connectivity index (χ2v) is 8.21. The number of likely N-dealkylation sites (tertiary alicyclic amines) is 2. The summed E-state index contributed by atoms with van der Waals surface area (Å²) in [6.45, 7) is 6.87. The van der Waals surface area contributed by atoms with E-state index in [1.165, 1.54) is 0 Å². The molecule has 0 saturated carbocycles. The van der Waals surface area contributed by atoms with E-state index in [0.717, 1.165) is 64.5 Å². The zero-order valence-electron chi connectivity index (χ0n) is 17.1. The van der Waals surface area contributed by atoms with Crippen LogP contribution in [0.4, 0.5) is 13.2 Å². The highest BCUT2D eigenvalue weighted by Crippen LogP contribution is 2.42. The van der Waals surface area contributed by atoms with E-state index in [2.05, 4.69) is 4.90 Å². The summed E-state index contributed by atoms with van der Waals surface area (Å²) in [6, 6.07) is 3.95. The monoisotopic (exact) mass is 448 g/mol. The summed E-state index contributed by atoms with van der Waals surface area (Å²) < 4.78 is 48.8. The van der Waals surface area contributed by atoms with Gasteiger partial charge >= 0.3 is 12.1 Å². The molecule has 4 heterocycles. The number of carbonyl (C=O) groups excluding carboxylic acids is 1. The molecule has 3 aliphatic heterocycles. The van der Waals surface area contributed by atoms with Crippen molar-refractivity contribution in [3.8, 4) is 0 Å². The number of nitrogens with zero attached hydrogens (tertiary/aromatic N) is 2. The number of carboxylic acid groups (broad SMARTS) is 1. The summed E-state index contributed by atoms with van der Waals surface area (Å²) in [4.78, 5) is 25.4. The maximum absolute atomic E-state index is 12.1. The molecule has 0 bridgehead atoms. The van der Waals surface area contributed by atoms with Crippen LogP contribution in [0, 0.1) is 11.3 Å². The molecule has 0 aromatic carbocycles. The quantitative estimate of drug-likeness (QED) is 0.712. The van der Waals surface area contributed by atoms with Gasteiger partial charge < -0.3 is 23.9 Å². The molecule has 8 nitrogen and oxygen atoms in total. The first-order valence-corrected chi connectivity index (χ1v) is 10.2. The molecule has 0 unspecified atom stereocenters. The molecule has 3 fully saturated rings. The standard InChI is InChI=1S/C18H26N2O4.C2HF3O2/c21-17(20-5-1-2-6-20)11-23-14-18-12-19(8-15(18)10-22-13-18)9-16-4-3-7-24-16;3-2(4,5)1(6)7/h3-4,7,15H,1-2,5-6,8-14H2;(H,6,7)/t15-,18+;/m1./s1. The number of carboxylic acids is 1. The minimum atomic E-state index is -5.08. The van der Waals surface area contributed by atoms with Crippen molar-refractivity contribution in [1.29, 1.82) is 0 Å². The lowest BCUT2D eigenvalue weighted by atomic mass is 9.82. The Bertz CT molecular complexity index is 736. The second-order valence-electron chi connectivity index (χ2n) is 8.21. The molecule has 0 spiro atoms. The summed E-state index contributed by atoms with van der Waals surface area (Å²) in [5, 5.41) is 7.12. The number of rotatable bonds is 6. The molecule has 3 aliphatic rings. The molecule has 174 valence electrons. The molecular weight excluding hydrogens is 421 g/mol. The van der Waals surface area contributed by atoms with Crippen molar-refractivity contribution in [2.24, 2.45) is 11.3 Å². The van der Waals surface area contributed by atoms with Crippen molar-refractivity contribution in [1.82, 2.24) is 9.80 Å². The number of aliphatic carboxylic acids is 1. The van der Waals surface area contributed by atoms with E-state index in [1.807, 2.05) is 17.0 Å². The summed E-state index contributed by atoms with van der Waals surface area (Å²) in [5.41, 5.74) is 0.0257. The second kappa shape index (κ2) is 10.0. The van der Waals surface area contributed by atoms with Crippen molar-refractivity contribution in [3.05, 3.63) is 24.2 Å². The van der Waals surface area contributed by atoms with Crippen LogP contribution in [0.5, 0.6) is 0 Å². The van der Waals surface area contributed by atoms with Crippen molar-refractivity contribution in [3.63, 3.8) is 0 Å². The Morgan fingerprint density at radius 3 is 2.61 bits per heavy atom. The summed E-state index contributed by atoms with van der Waals surface area (Å²) in [7, 11) is 0. The molecule has 1 aromatic heterocycles. The van der Waals surface area contributed by atoms with Gasteiger partial charge in [-0.3, -0.25) is 9.69 Å². The summed E-state index contributed by atoms with van der Waals surface area (Å²) >= 11 is 0. The number of carbonyl (C=O) groups is 2. The Balaban J connectivity index is 0.000000339. The van der Waals surface area contributed by atoms with E-state index in [-0.39, 0.29) is 17.9 Å². The molecule has 11 heteroatoms. The van der Waals surface area contributed by atoms with Crippen LogP contribution in [-0.4, -0.2) is 85.6 Å². The third-order valence-corrected chi connectivity index (χ3v) is 5.87. The molecule has 1 aromatic rings. The molecule has 3 saturated heterocycles. The van der Waals surface area contributed by atoms with Gasteiger partial charge in [-0.05, 0) is 25.0 Å². The summed E-state index contributed by atoms with van der Waals surface area (Å²) in [6.07, 6.45) is -1.13. The number of alkyl halides is 3. The predicted octanol–water partition coefficient (Wildman–Crippen LogP) is 2.00. The maximum atomic E-state index is 12.1. The van der Waals surface area contributed by atoms with Crippen LogP contribution in [0.2, 0.25) is 0 Å². The Labute approximate surface area is 177 Å². The third kappa shape index (κ3) is 6.20. The highest BCUT2D eigenvalue weighted by molar-refractivity contribution is 5.77. The summed E-state index contributed by atoms with van der Waals surface area (Å²) in [5.74, 6) is -1.15. The average molecular weight is 448 g/mol. The molecule has 1 amide bonds. The highest BCUT2D eigenvalue weighted by atomic mass is 19.4. The first kappa shape index (κ1) is 23.6. The van der Waals surface area contributed by atoms with E-state index < -0.39 is 12.1 Å². The molecule has 0 radical (unpaired) electrons. The minimum absolute atomic E-state index is 0.0257. The lowest BCUT2D eigenvalue weighted by Gasteiger charge is -2.27. The van der Waals surface area contributed by atoms with Gasteiger partial charge in [-0.25, -0.2) is 4.79 Å². The zero-order valence-corrected chi connectivity index (χ0v) is 17.1. The first-order valence-electron chi connectivity index (χ1n) is 10.2.